The van der Waals surface area contributed by atoms with Crippen molar-refractivity contribution < 1.29 is 9.59 Å². The molecule has 1 spiro atoms. The number of piperidine rings is 1. The Morgan fingerprint density at radius 2 is 1.77 bits per heavy atom. The van der Waals surface area contributed by atoms with Gasteiger partial charge >= 0.3 is 0 Å². The molecule has 2 aliphatic rings. The van der Waals surface area contributed by atoms with Crippen LogP contribution < -0.4 is 22.3 Å². The lowest BCUT2D eigenvalue weighted by Gasteiger charge is -2.32. The highest BCUT2D eigenvalue weighted by Crippen LogP contribution is 2.53. The number of nitrogen functional groups attached to an aromatic ring is 2. The molecule has 1 amide bonds. The Bertz CT molecular complexity index is 871. The van der Waals surface area contributed by atoms with Crippen molar-refractivity contribution >= 4 is 23.6 Å². The Morgan fingerprint density at radius 3 is 2.30 bits per heavy atom. The molecule has 2 fully saturated rings. The third kappa shape index (κ3) is 4.98. The molecule has 7 heteroatoms. The third-order valence-electron chi connectivity index (χ3n) is 6.10. The van der Waals surface area contributed by atoms with Gasteiger partial charge in [0.1, 0.15) is 0 Å². The molecule has 0 atom stereocenters. The minimum absolute atomic E-state index is 0.262. The van der Waals surface area contributed by atoms with E-state index in [2.05, 4.69) is 10.7 Å². The van der Waals surface area contributed by atoms with Gasteiger partial charge in [-0.15, -0.1) is 0 Å². The van der Waals surface area contributed by atoms with Gasteiger partial charge in [0.25, 0.3) is 0 Å². The summed E-state index contributed by atoms with van der Waals surface area (Å²) in [5.41, 5.74) is 12.4. The zero-order valence-electron chi connectivity index (χ0n) is 17.5. The van der Waals surface area contributed by atoms with E-state index in [0.29, 0.717) is 28.9 Å². The second kappa shape index (κ2) is 9.73. The van der Waals surface area contributed by atoms with Crippen molar-refractivity contribution in [2.24, 2.45) is 11.3 Å². The van der Waals surface area contributed by atoms with Crippen LogP contribution in [0.2, 0.25) is 0 Å². The van der Waals surface area contributed by atoms with E-state index in [0.717, 1.165) is 30.5 Å². The molecule has 1 heterocycles. The van der Waals surface area contributed by atoms with Gasteiger partial charge in [0.15, 0.2) is 6.29 Å². The van der Waals surface area contributed by atoms with E-state index in [4.69, 9.17) is 11.6 Å². The van der Waals surface area contributed by atoms with E-state index in [1.165, 1.54) is 25.7 Å². The van der Waals surface area contributed by atoms with Crippen molar-refractivity contribution in [3.8, 4) is 11.1 Å². The lowest BCUT2D eigenvalue weighted by Crippen LogP contribution is -2.42. The fourth-order valence-electron chi connectivity index (χ4n) is 3.94. The zero-order valence-corrected chi connectivity index (χ0v) is 17.5. The molecule has 1 saturated heterocycles. The maximum Gasteiger partial charge on any atom is 0.236 e. The van der Waals surface area contributed by atoms with Crippen LogP contribution in [0.4, 0.5) is 11.4 Å². The number of rotatable bonds is 5. The molecule has 1 aliphatic carbocycles. The Labute approximate surface area is 177 Å². The number of aldehydes is 1. The summed E-state index contributed by atoms with van der Waals surface area (Å²) >= 11 is 0. The van der Waals surface area contributed by atoms with Crippen LogP contribution in [0.25, 0.3) is 11.1 Å². The second-order valence-corrected chi connectivity index (χ2v) is 8.03. The van der Waals surface area contributed by atoms with E-state index in [9.17, 15) is 9.59 Å². The SMILES string of the molecule is CNCC(=O)N1CCC2(CC1)CC2.NNc1c(C=O)ccc(-c2ccccc2)c1N. The molecule has 2 aromatic rings. The van der Waals surface area contributed by atoms with Crippen LogP contribution in [0.3, 0.4) is 0 Å². The largest absolute Gasteiger partial charge is 0.396 e. The topological polar surface area (TPSA) is 113 Å². The smallest absolute Gasteiger partial charge is 0.236 e. The van der Waals surface area contributed by atoms with Gasteiger partial charge < -0.3 is 21.4 Å². The fourth-order valence-corrected chi connectivity index (χ4v) is 3.94. The summed E-state index contributed by atoms with van der Waals surface area (Å²) in [7, 11) is 1.82. The predicted octanol–water partition coefficient (Wildman–Crippen LogP) is 2.64. The average Bonchev–Trinajstić information content (AvgIpc) is 3.53. The van der Waals surface area contributed by atoms with Gasteiger partial charge in [-0.25, -0.2) is 0 Å². The van der Waals surface area contributed by atoms with Crippen molar-refractivity contribution in [3.05, 3.63) is 48.0 Å². The van der Waals surface area contributed by atoms with Crippen molar-refractivity contribution in [2.75, 3.05) is 37.8 Å². The van der Waals surface area contributed by atoms with Gasteiger partial charge in [0.2, 0.25) is 5.91 Å². The van der Waals surface area contributed by atoms with E-state index in [-0.39, 0.29) is 5.91 Å². The van der Waals surface area contributed by atoms with Gasteiger partial charge in [-0.05, 0) is 49.8 Å². The maximum atomic E-state index is 11.5. The first-order valence-electron chi connectivity index (χ1n) is 10.4. The predicted molar refractivity (Wildman–Crippen MR) is 121 cm³/mol. The van der Waals surface area contributed by atoms with Gasteiger partial charge in [-0.3, -0.25) is 15.4 Å². The molecule has 4 rings (SSSR count). The Hall–Kier alpha value is -2.90. The van der Waals surface area contributed by atoms with Gasteiger partial charge in [0, 0.05) is 24.2 Å². The Kier molecular flexibility index (Phi) is 7.07. The summed E-state index contributed by atoms with van der Waals surface area (Å²) in [5, 5.41) is 2.91. The molecular formula is C23H31N5O2. The number of hydrogen-bond donors (Lipinski definition) is 4. The molecule has 0 aromatic heterocycles. The number of hydrazine groups is 1. The van der Waals surface area contributed by atoms with E-state index in [1.54, 1.807) is 6.07 Å². The van der Waals surface area contributed by atoms with Crippen LogP contribution in [0, 0.1) is 5.41 Å². The van der Waals surface area contributed by atoms with Crippen molar-refractivity contribution in [2.45, 2.75) is 25.7 Å². The summed E-state index contributed by atoms with van der Waals surface area (Å²) in [6.07, 6.45) is 6.01. The van der Waals surface area contributed by atoms with Gasteiger partial charge in [0.05, 0.1) is 17.9 Å². The van der Waals surface area contributed by atoms with Crippen LogP contribution in [-0.2, 0) is 4.79 Å². The number of likely N-dealkylation sites (tertiary alicyclic amines) is 1. The van der Waals surface area contributed by atoms with Crippen molar-refractivity contribution in [1.82, 2.24) is 10.2 Å². The number of nitrogens with two attached hydrogens (primary N) is 2. The number of amides is 1. The highest BCUT2D eigenvalue weighted by atomic mass is 16.2. The summed E-state index contributed by atoms with van der Waals surface area (Å²) in [6.45, 7) is 2.47. The monoisotopic (exact) mass is 409 g/mol. The van der Waals surface area contributed by atoms with Crippen LogP contribution >= 0.6 is 0 Å². The molecule has 7 nitrogen and oxygen atoms in total. The van der Waals surface area contributed by atoms with Crippen molar-refractivity contribution in [1.29, 1.82) is 0 Å². The number of benzene rings is 2. The minimum Gasteiger partial charge on any atom is -0.396 e. The average molecular weight is 410 g/mol. The highest BCUT2D eigenvalue weighted by molar-refractivity contribution is 5.95. The molecule has 1 saturated carbocycles. The number of likely N-dealkylation sites (N-methyl/N-ethyl adjacent to an activating group) is 1. The summed E-state index contributed by atoms with van der Waals surface area (Å²) in [6, 6.07) is 13.2. The molecule has 1 aliphatic heterocycles. The van der Waals surface area contributed by atoms with Crippen LogP contribution in [0.5, 0.6) is 0 Å². The number of nitrogens with zero attached hydrogens (tertiary/aromatic N) is 1. The van der Waals surface area contributed by atoms with Crippen LogP contribution in [0.1, 0.15) is 36.0 Å². The zero-order chi connectivity index (χ0) is 21.6. The minimum atomic E-state index is 0.262. The van der Waals surface area contributed by atoms with E-state index in [1.807, 2.05) is 48.3 Å². The Balaban J connectivity index is 0.000000177. The fraction of sp³-hybridized carbons (Fsp3) is 0.391. The first-order valence-corrected chi connectivity index (χ1v) is 10.4. The van der Waals surface area contributed by atoms with E-state index >= 15 is 0 Å². The number of nitrogens with one attached hydrogen (secondary N) is 2. The number of carbonyl (C=O) groups is 2. The van der Waals surface area contributed by atoms with E-state index < -0.39 is 0 Å². The molecule has 0 unspecified atom stereocenters. The quantitative estimate of drug-likeness (QED) is 0.261. The molecule has 0 bridgehead atoms. The number of hydrogen-bond acceptors (Lipinski definition) is 6. The lowest BCUT2D eigenvalue weighted by atomic mass is 9.94. The standard InChI is InChI=1S/C13H13N3O.C10H18N2O/c14-12-11(9-4-2-1-3-5-9)7-6-10(8-17)13(12)16-15;1-11-8-9(13)12-6-4-10(2-3-10)5-7-12/h1-8,16H,14-15H2;11H,2-8H2,1H3. The number of anilines is 2. The lowest BCUT2D eigenvalue weighted by molar-refractivity contribution is -0.131. The second-order valence-electron chi connectivity index (χ2n) is 8.03. The molecular weight excluding hydrogens is 378 g/mol. The highest BCUT2D eigenvalue weighted by Gasteiger charge is 2.44. The Morgan fingerprint density at radius 1 is 1.10 bits per heavy atom. The summed E-state index contributed by atoms with van der Waals surface area (Å²) in [5.74, 6) is 5.65. The van der Waals surface area contributed by atoms with Crippen molar-refractivity contribution in [3.63, 3.8) is 0 Å². The number of carbonyl (C=O) groups excluding carboxylic acids is 2. The van der Waals surface area contributed by atoms with Gasteiger partial charge in [-0.1, -0.05) is 36.4 Å². The van der Waals surface area contributed by atoms with Gasteiger partial charge in [-0.2, -0.15) is 0 Å². The third-order valence-corrected chi connectivity index (χ3v) is 6.10. The normalized spacial score (nSPS) is 16.4. The summed E-state index contributed by atoms with van der Waals surface area (Å²) < 4.78 is 0. The molecule has 2 aromatic carbocycles. The maximum absolute atomic E-state index is 11.5. The molecule has 30 heavy (non-hydrogen) atoms. The molecule has 6 N–H and O–H groups in total. The molecule has 0 radical (unpaired) electrons. The van der Waals surface area contributed by atoms with Crippen LogP contribution in [-0.4, -0.2) is 43.8 Å². The first-order chi connectivity index (χ1) is 14.5. The van der Waals surface area contributed by atoms with Crippen LogP contribution in [0.15, 0.2) is 42.5 Å². The first kappa shape index (κ1) is 21.8. The summed E-state index contributed by atoms with van der Waals surface area (Å²) in [4.78, 5) is 24.3. The molecule has 160 valence electrons.